The summed E-state index contributed by atoms with van der Waals surface area (Å²) >= 11 is 0. The predicted octanol–water partition coefficient (Wildman–Crippen LogP) is 3.72. The van der Waals surface area contributed by atoms with Gasteiger partial charge in [0.1, 0.15) is 0 Å². The summed E-state index contributed by atoms with van der Waals surface area (Å²) in [6, 6.07) is 14.1. The molecule has 0 spiro atoms. The fourth-order valence-corrected chi connectivity index (χ4v) is 6.98. The van der Waals surface area contributed by atoms with E-state index in [1.54, 1.807) is 10.9 Å². The van der Waals surface area contributed by atoms with Crippen LogP contribution in [-0.4, -0.2) is 74.3 Å². The van der Waals surface area contributed by atoms with Crippen LogP contribution in [0.25, 0.3) is 5.82 Å². The van der Waals surface area contributed by atoms with Gasteiger partial charge in [-0.15, -0.1) is 5.10 Å². The highest BCUT2D eigenvalue weighted by molar-refractivity contribution is 5.96. The quantitative estimate of drug-likeness (QED) is 0.467. The summed E-state index contributed by atoms with van der Waals surface area (Å²) < 4.78 is 1.71. The van der Waals surface area contributed by atoms with Gasteiger partial charge in [-0.2, -0.15) is 10.2 Å². The highest BCUT2D eigenvalue weighted by Crippen LogP contribution is 2.34. The standard InChI is InChI=1S/C31H39N7O2/c1-21-29(22(2)38(35-21)28-13-8-15-32-34-28)31(40)37-19-25-17-36(18-26(25)20-37)16-14-27(23-9-4-3-5-10-23)33-30(39)24-11-6-7-12-24/h3-5,8-10,13,15,24-27H,6-7,11-12,14,16-20H2,1-2H3,(H,33,39)/t25?,26?,27-/m0/s1. The highest BCUT2D eigenvalue weighted by Gasteiger charge is 2.42. The lowest BCUT2D eigenvalue weighted by Gasteiger charge is -2.25. The Labute approximate surface area is 236 Å². The van der Waals surface area contributed by atoms with Crippen molar-refractivity contribution in [3.8, 4) is 5.82 Å². The van der Waals surface area contributed by atoms with Crippen molar-refractivity contribution in [3.05, 3.63) is 71.2 Å². The number of hydrogen-bond acceptors (Lipinski definition) is 6. The number of carbonyl (C=O) groups excluding carboxylic acids is 2. The van der Waals surface area contributed by atoms with Crippen molar-refractivity contribution in [3.63, 3.8) is 0 Å². The van der Waals surface area contributed by atoms with Gasteiger partial charge in [-0.3, -0.25) is 9.59 Å². The van der Waals surface area contributed by atoms with Crippen molar-refractivity contribution >= 4 is 11.8 Å². The van der Waals surface area contributed by atoms with Gasteiger partial charge in [0.2, 0.25) is 5.91 Å². The van der Waals surface area contributed by atoms with Gasteiger partial charge in [-0.05, 0) is 62.6 Å². The second-order valence-corrected chi connectivity index (χ2v) is 11.8. The van der Waals surface area contributed by atoms with E-state index in [0.29, 0.717) is 23.2 Å². The van der Waals surface area contributed by atoms with Crippen LogP contribution in [0.15, 0.2) is 48.7 Å². The average molecular weight is 542 g/mol. The van der Waals surface area contributed by atoms with Gasteiger partial charge < -0.3 is 15.1 Å². The molecule has 40 heavy (non-hydrogen) atoms. The summed E-state index contributed by atoms with van der Waals surface area (Å²) in [7, 11) is 0. The van der Waals surface area contributed by atoms with Crippen LogP contribution >= 0.6 is 0 Å². The molecule has 6 rings (SSSR count). The molecule has 3 atom stereocenters. The number of benzene rings is 1. The van der Waals surface area contributed by atoms with E-state index >= 15 is 0 Å². The molecule has 9 nitrogen and oxygen atoms in total. The molecule has 3 fully saturated rings. The number of aryl methyl sites for hydroxylation is 1. The van der Waals surface area contributed by atoms with E-state index in [2.05, 4.69) is 49.8 Å². The van der Waals surface area contributed by atoms with Gasteiger partial charge in [0.25, 0.3) is 5.91 Å². The summed E-state index contributed by atoms with van der Waals surface area (Å²) in [5.41, 5.74) is 3.37. The molecular weight excluding hydrogens is 502 g/mol. The fourth-order valence-electron chi connectivity index (χ4n) is 6.98. The van der Waals surface area contributed by atoms with Crippen LogP contribution in [0.1, 0.15) is 65.5 Å². The van der Waals surface area contributed by atoms with E-state index in [4.69, 9.17) is 0 Å². The van der Waals surface area contributed by atoms with Gasteiger partial charge in [-0.1, -0.05) is 43.2 Å². The van der Waals surface area contributed by atoms with Gasteiger partial charge in [0.15, 0.2) is 5.82 Å². The van der Waals surface area contributed by atoms with Crippen LogP contribution in [-0.2, 0) is 4.79 Å². The molecule has 0 bridgehead atoms. The first-order chi connectivity index (χ1) is 19.5. The molecular formula is C31H39N7O2. The molecule has 0 radical (unpaired) electrons. The van der Waals surface area contributed by atoms with Crippen molar-refractivity contribution in [2.24, 2.45) is 17.8 Å². The number of hydrogen-bond donors (Lipinski definition) is 1. The van der Waals surface area contributed by atoms with Gasteiger partial charge in [-0.25, -0.2) is 4.68 Å². The van der Waals surface area contributed by atoms with Crippen LogP contribution < -0.4 is 5.32 Å². The Balaban J connectivity index is 1.06. The predicted molar refractivity (Wildman–Crippen MR) is 152 cm³/mol. The maximum absolute atomic E-state index is 13.6. The van der Waals surface area contributed by atoms with Crippen LogP contribution in [0.2, 0.25) is 0 Å². The van der Waals surface area contributed by atoms with Crippen LogP contribution in [0, 0.1) is 31.6 Å². The normalized spacial score (nSPS) is 22.0. The minimum Gasteiger partial charge on any atom is -0.349 e. The summed E-state index contributed by atoms with van der Waals surface area (Å²) in [5.74, 6) is 2.01. The number of likely N-dealkylation sites (tertiary alicyclic amines) is 2. The zero-order valence-electron chi connectivity index (χ0n) is 23.5. The fraction of sp³-hybridized carbons (Fsp3) is 0.516. The molecule has 1 aromatic carbocycles. The third-order valence-corrected chi connectivity index (χ3v) is 9.11. The van der Waals surface area contributed by atoms with Gasteiger partial charge >= 0.3 is 0 Å². The number of carbonyl (C=O) groups is 2. The molecule has 2 aliphatic heterocycles. The third kappa shape index (κ3) is 5.39. The molecule has 2 unspecified atom stereocenters. The Morgan fingerprint density at radius 3 is 2.38 bits per heavy atom. The van der Waals surface area contributed by atoms with E-state index in [9.17, 15) is 9.59 Å². The maximum atomic E-state index is 13.6. The number of fused-ring (bicyclic) bond motifs is 1. The first-order valence-electron chi connectivity index (χ1n) is 14.7. The minimum absolute atomic E-state index is 0.0320. The second-order valence-electron chi connectivity index (χ2n) is 11.8. The summed E-state index contributed by atoms with van der Waals surface area (Å²) in [4.78, 5) is 31.1. The van der Waals surface area contributed by atoms with Crippen molar-refractivity contribution in [2.45, 2.75) is 52.0 Å². The van der Waals surface area contributed by atoms with Gasteiger partial charge in [0.05, 0.1) is 23.0 Å². The third-order valence-electron chi connectivity index (χ3n) is 9.11. The Kier molecular flexibility index (Phi) is 7.65. The topological polar surface area (TPSA) is 96.2 Å². The Morgan fingerprint density at radius 1 is 0.975 bits per heavy atom. The lowest BCUT2D eigenvalue weighted by molar-refractivity contribution is -0.125. The highest BCUT2D eigenvalue weighted by atomic mass is 16.2. The molecule has 3 aromatic rings. The summed E-state index contributed by atoms with van der Waals surface area (Å²) in [6.45, 7) is 8.28. The Bertz CT molecular complexity index is 1320. The average Bonchev–Trinajstić information content (AvgIpc) is 3.76. The zero-order chi connectivity index (χ0) is 27.6. The number of rotatable bonds is 8. The molecule has 1 aliphatic carbocycles. The lowest BCUT2D eigenvalue weighted by Crippen LogP contribution is -2.36. The molecule has 2 saturated heterocycles. The van der Waals surface area contributed by atoms with E-state index in [1.807, 2.05) is 36.9 Å². The Morgan fingerprint density at radius 2 is 1.70 bits per heavy atom. The van der Waals surface area contributed by atoms with Crippen LogP contribution in [0.5, 0.6) is 0 Å². The molecule has 210 valence electrons. The largest absolute Gasteiger partial charge is 0.349 e. The first-order valence-corrected chi connectivity index (χ1v) is 14.7. The molecule has 4 heterocycles. The summed E-state index contributed by atoms with van der Waals surface area (Å²) in [6.07, 6.45) is 6.86. The van der Waals surface area contributed by atoms with Crippen molar-refractivity contribution in [1.82, 2.24) is 35.1 Å². The van der Waals surface area contributed by atoms with Crippen molar-refractivity contribution in [2.75, 3.05) is 32.7 Å². The molecule has 9 heteroatoms. The maximum Gasteiger partial charge on any atom is 0.257 e. The smallest absolute Gasteiger partial charge is 0.257 e. The number of aromatic nitrogens is 4. The van der Waals surface area contributed by atoms with E-state index in [1.165, 1.54) is 5.56 Å². The van der Waals surface area contributed by atoms with Crippen LogP contribution in [0.4, 0.5) is 0 Å². The monoisotopic (exact) mass is 541 g/mol. The SMILES string of the molecule is Cc1nn(-c2cccnn2)c(C)c1C(=O)N1CC2CN(CC[C@H](NC(=O)C3CCCC3)c3ccccc3)CC2C1. The van der Waals surface area contributed by atoms with Crippen molar-refractivity contribution in [1.29, 1.82) is 0 Å². The number of nitrogens with one attached hydrogen (secondary N) is 1. The molecule has 2 amide bonds. The first kappa shape index (κ1) is 26.6. The molecule has 1 saturated carbocycles. The van der Waals surface area contributed by atoms with Crippen molar-refractivity contribution < 1.29 is 9.59 Å². The number of nitrogens with zero attached hydrogens (tertiary/aromatic N) is 6. The Hall–Kier alpha value is -3.59. The van der Waals surface area contributed by atoms with E-state index in [0.717, 1.165) is 76.2 Å². The minimum atomic E-state index is 0.0320. The molecule has 1 N–H and O–H groups in total. The van der Waals surface area contributed by atoms with Crippen LogP contribution in [0.3, 0.4) is 0 Å². The van der Waals surface area contributed by atoms with E-state index < -0.39 is 0 Å². The lowest BCUT2D eigenvalue weighted by atomic mass is 10.0. The van der Waals surface area contributed by atoms with Gasteiger partial charge in [0, 0.05) is 44.8 Å². The molecule has 3 aliphatic rings. The second kappa shape index (κ2) is 11.5. The number of amides is 2. The zero-order valence-corrected chi connectivity index (χ0v) is 23.5. The van der Waals surface area contributed by atoms with E-state index in [-0.39, 0.29) is 23.8 Å². The summed E-state index contributed by atoms with van der Waals surface area (Å²) in [5, 5.41) is 16.1. The molecule has 2 aromatic heterocycles.